The summed E-state index contributed by atoms with van der Waals surface area (Å²) in [4.78, 5) is 14.5. The predicted molar refractivity (Wildman–Crippen MR) is 81.6 cm³/mol. The monoisotopic (exact) mass is 302 g/mol. The lowest BCUT2D eigenvalue weighted by molar-refractivity contribution is -0.132. The Labute approximate surface area is 132 Å². The molecule has 7 atom stereocenters. The molecule has 3 saturated carbocycles. The fourth-order valence-electron chi connectivity index (χ4n) is 5.70. The van der Waals surface area contributed by atoms with Crippen LogP contribution in [0.25, 0.3) is 0 Å². The molecule has 4 heteroatoms. The topological polar surface area (TPSA) is 64.3 Å². The summed E-state index contributed by atoms with van der Waals surface area (Å²) < 4.78 is 0. The van der Waals surface area contributed by atoms with Gasteiger partial charge >= 0.3 is 0 Å². The number of aliphatic hydroxyl groups excluding tert-OH is 1. The summed E-state index contributed by atoms with van der Waals surface area (Å²) in [6.07, 6.45) is 7.71. The van der Waals surface area contributed by atoms with Crippen molar-refractivity contribution in [3.8, 4) is 6.07 Å². The van der Waals surface area contributed by atoms with E-state index < -0.39 is 0 Å². The van der Waals surface area contributed by atoms with Crippen molar-refractivity contribution in [2.75, 3.05) is 0 Å². The zero-order chi connectivity index (χ0) is 15.5. The van der Waals surface area contributed by atoms with E-state index in [2.05, 4.69) is 13.0 Å². The first kappa shape index (κ1) is 14.5. The highest BCUT2D eigenvalue weighted by atomic mass is 16.3. The molecular weight excluding hydrogens is 276 g/mol. The summed E-state index contributed by atoms with van der Waals surface area (Å²) >= 11 is 0. The van der Waals surface area contributed by atoms with Gasteiger partial charge in [0.2, 0.25) is 5.91 Å². The standard InChI is InChI=1S/C18H26N2O2/c1-18(8-12-5-15(21)6-13(12)9-18)3-2-17(22)20-14(10-19)4-11-7-16(11)20/h11-16,21H,2-9H2,1H3/t11-,12-,13+,14+,15?,16?,18?/m1/s1. The Hall–Kier alpha value is -1.08. The quantitative estimate of drug-likeness (QED) is 0.871. The van der Waals surface area contributed by atoms with Crippen LogP contribution in [0.1, 0.15) is 58.3 Å². The van der Waals surface area contributed by atoms with Crippen molar-refractivity contribution in [1.29, 1.82) is 5.26 Å². The van der Waals surface area contributed by atoms with Gasteiger partial charge in [0.1, 0.15) is 6.04 Å². The van der Waals surface area contributed by atoms with E-state index in [0.717, 1.165) is 44.9 Å². The Balaban J connectivity index is 1.33. The smallest absolute Gasteiger partial charge is 0.223 e. The number of rotatable bonds is 3. The molecule has 4 aliphatic rings. The van der Waals surface area contributed by atoms with Crippen molar-refractivity contribution in [2.45, 2.75) is 76.5 Å². The molecule has 4 rings (SSSR count). The van der Waals surface area contributed by atoms with E-state index in [-0.39, 0.29) is 23.5 Å². The van der Waals surface area contributed by atoms with Crippen LogP contribution >= 0.6 is 0 Å². The van der Waals surface area contributed by atoms with Crippen LogP contribution in [0.4, 0.5) is 0 Å². The molecule has 3 aliphatic carbocycles. The van der Waals surface area contributed by atoms with Crippen LogP contribution in [0.2, 0.25) is 0 Å². The third-order valence-corrected chi connectivity index (χ3v) is 6.81. The first-order valence-electron chi connectivity index (χ1n) is 8.88. The van der Waals surface area contributed by atoms with E-state index in [4.69, 9.17) is 0 Å². The van der Waals surface area contributed by atoms with E-state index in [1.165, 1.54) is 0 Å². The lowest BCUT2D eigenvalue weighted by Gasteiger charge is -2.28. The Bertz CT molecular complexity index is 512. The van der Waals surface area contributed by atoms with Gasteiger partial charge < -0.3 is 10.0 Å². The number of hydrogen-bond acceptors (Lipinski definition) is 3. The first-order valence-corrected chi connectivity index (χ1v) is 8.88. The number of nitriles is 1. The number of fused-ring (bicyclic) bond motifs is 2. The molecule has 0 aromatic carbocycles. The van der Waals surface area contributed by atoms with Crippen LogP contribution in [0, 0.1) is 34.5 Å². The summed E-state index contributed by atoms with van der Waals surface area (Å²) in [6.45, 7) is 2.32. The number of hydrogen-bond donors (Lipinski definition) is 1. The van der Waals surface area contributed by atoms with Crippen LogP contribution in [0.15, 0.2) is 0 Å². The molecule has 0 aromatic heterocycles. The van der Waals surface area contributed by atoms with Gasteiger partial charge in [-0.3, -0.25) is 4.79 Å². The van der Waals surface area contributed by atoms with Crippen LogP contribution in [0.3, 0.4) is 0 Å². The number of nitrogens with zero attached hydrogens (tertiary/aromatic N) is 2. The minimum Gasteiger partial charge on any atom is -0.393 e. The van der Waals surface area contributed by atoms with E-state index >= 15 is 0 Å². The number of amides is 1. The highest BCUT2D eigenvalue weighted by molar-refractivity contribution is 5.78. The van der Waals surface area contributed by atoms with E-state index in [1.54, 1.807) is 0 Å². The van der Waals surface area contributed by atoms with Gasteiger partial charge in [-0.05, 0) is 68.1 Å². The largest absolute Gasteiger partial charge is 0.393 e. The van der Waals surface area contributed by atoms with Crippen molar-refractivity contribution in [3.63, 3.8) is 0 Å². The van der Waals surface area contributed by atoms with Gasteiger partial charge in [-0.15, -0.1) is 0 Å². The van der Waals surface area contributed by atoms with Gasteiger partial charge in [-0.2, -0.15) is 5.26 Å². The molecule has 0 aromatic rings. The van der Waals surface area contributed by atoms with Gasteiger partial charge in [0, 0.05) is 12.5 Å². The highest BCUT2D eigenvalue weighted by Crippen LogP contribution is 2.55. The molecule has 0 radical (unpaired) electrons. The van der Waals surface area contributed by atoms with Crippen LogP contribution in [-0.2, 0) is 4.79 Å². The molecule has 3 unspecified atom stereocenters. The molecule has 0 spiro atoms. The van der Waals surface area contributed by atoms with Gasteiger partial charge in [0.15, 0.2) is 0 Å². The molecule has 22 heavy (non-hydrogen) atoms. The number of likely N-dealkylation sites (tertiary alicyclic amines) is 1. The summed E-state index contributed by atoms with van der Waals surface area (Å²) in [5, 5.41) is 19.0. The van der Waals surface area contributed by atoms with Crippen molar-refractivity contribution in [3.05, 3.63) is 0 Å². The zero-order valence-electron chi connectivity index (χ0n) is 13.4. The maximum Gasteiger partial charge on any atom is 0.223 e. The molecule has 1 N–H and O–H groups in total. The third kappa shape index (κ3) is 2.34. The van der Waals surface area contributed by atoms with Crippen LogP contribution < -0.4 is 0 Å². The van der Waals surface area contributed by atoms with Gasteiger partial charge in [-0.25, -0.2) is 0 Å². The summed E-state index contributed by atoms with van der Waals surface area (Å²) in [5.41, 5.74) is 0.260. The van der Waals surface area contributed by atoms with Crippen molar-refractivity contribution in [1.82, 2.24) is 4.90 Å². The lowest BCUT2D eigenvalue weighted by atomic mass is 9.81. The Morgan fingerprint density at radius 1 is 1.23 bits per heavy atom. The average molecular weight is 302 g/mol. The van der Waals surface area contributed by atoms with Crippen LogP contribution in [-0.4, -0.2) is 34.1 Å². The Morgan fingerprint density at radius 2 is 1.91 bits per heavy atom. The second-order valence-corrected chi connectivity index (χ2v) is 8.61. The Kier molecular flexibility index (Phi) is 3.27. The van der Waals surface area contributed by atoms with Crippen molar-refractivity contribution >= 4 is 5.91 Å². The summed E-state index contributed by atoms with van der Waals surface area (Å²) in [5.74, 6) is 2.15. The number of piperidine rings is 1. The predicted octanol–water partition coefficient (Wildman–Crippen LogP) is 2.47. The first-order chi connectivity index (χ1) is 10.5. The molecule has 1 aliphatic heterocycles. The van der Waals surface area contributed by atoms with E-state index in [0.29, 0.717) is 30.2 Å². The fourth-order valence-corrected chi connectivity index (χ4v) is 5.70. The molecule has 1 saturated heterocycles. The number of carbonyl (C=O) groups is 1. The molecule has 1 heterocycles. The average Bonchev–Trinajstić information content (AvgIpc) is 2.83. The van der Waals surface area contributed by atoms with Gasteiger partial charge in [0.05, 0.1) is 12.2 Å². The minimum absolute atomic E-state index is 0.0889. The third-order valence-electron chi connectivity index (χ3n) is 6.81. The summed E-state index contributed by atoms with van der Waals surface area (Å²) in [6, 6.07) is 2.52. The van der Waals surface area contributed by atoms with Crippen LogP contribution in [0.5, 0.6) is 0 Å². The van der Waals surface area contributed by atoms with E-state index in [9.17, 15) is 15.2 Å². The molecule has 120 valence electrons. The number of carbonyl (C=O) groups excluding carboxylic acids is 1. The SMILES string of the molecule is CC1(CCC(=O)N2C3C[C@H]3C[C@H]2C#N)C[C@H]2CC(O)C[C@H]2C1. The lowest BCUT2D eigenvalue weighted by Crippen LogP contribution is -2.38. The van der Waals surface area contributed by atoms with Gasteiger partial charge in [0.25, 0.3) is 0 Å². The number of aliphatic hydroxyl groups is 1. The zero-order valence-corrected chi connectivity index (χ0v) is 13.4. The molecule has 4 fully saturated rings. The molecule has 4 nitrogen and oxygen atoms in total. The molecule has 1 amide bonds. The highest BCUT2D eigenvalue weighted by Gasteiger charge is 2.54. The van der Waals surface area contributed by atoms with E-state index in [1.807, 2.05) is 4.90 Å². The maximum atomic E-state index is 12.6. The minimum atomic E-state index is -0.165. The Morgan fingerprint density at radius 3 is 2.55 bits per heavy atom. The summed E-state index contributed by atoms with van der Waals surface area (Å²) in [7, 11) is 0. The fraction of sp³-hybridized carbons (Fsp3) is 0.889. The normalized spacial score (nSPS) is 48.9. The van der Waals surface area contributed by atoms with Crippen molar-refractivity contribution in [2.24, 2.45) is 23.2 Å². The second-order valence-electron chi connectivity index (χ2n) is 8.61. The molecule has 0 bridgehead atoms. The van der Waals surface area contributed by atoms with Crippen molar-refractivity contribution < 1.29 is 9.90 Å². The molecular formula is C18H26N2O2. The maximum absolute atomic E-state index is 12.6. The van der Waals surface area contributed by atoms with Gasteiger partial charge in [-0.1, -0.05) is 6.92 Å². The second kappa shape index (κ2) is 4.96.